The first kappa shape index (κ1) is 13.8. The Balaban J connectivity index is 1.55. The summed E-state index contributed by atoms with van der Waals surface area (Å²) in [5, 5.41) is 4.99. The van der Waals surface area contributed by atoms with Crippen molar-refractivity contribution in [3.8, 4) is 0 Å². The highest BCUT2D eigenvalue weighted by molar-refractivity contribution is 8.13. The number of rotatable bonds is 2. The van der Waals surface area contributed by atoms with Crippen molar-refractivity contribution in [3.63, 3.8) is 0 Å². The molecule has 0 aromatic rings. The van der Waals surface area contributed by atoms with E-state index in [1.165, 1.54) is 55.9 Å². The molecule has 3 atom stereocenters. The van der Waals surface area contributed by atoms with E-state index in [4.69, 9.17) is 4.99 Å². The molecule has 2 saturated carbocycles. The zero-order valence-corrected chi connectivity index (χ0v) is 13.3. The van der Waals surface area contributed by atoms with Gasteiger partial charge in [-0.1, -0.05) is 44.9 Å². The quantitative estimate of drug-likeness (QED) is 0.825. The highest BCUT2D eigenvalue weighted by Gasteiger charge is 2.38. The van der Waals surface area contributed by atoms with Gasteiger partial charge in [-0.3, -0.25) is 4.99 Å². The molecule has 0 saturated heterocycles. The van der Waals surface area contributed by atoms with E-state index >= 15 is 0 Å². The van der Waals surface area contributed by atoms with Crippen LogP contribution < -0.4 is 5.32 Å². The summed E-state index contributed by atoms with van der Waals surface area (Å²) in [7, 11) is 0. The lowest BCUT2D eigenvalue weighted by Crippen LogP contribution is -2.40. The molecule has 0 aromatic carbocycles. The van der Waals surface area contributed by atoms with E-state index in [0.29, 0.717) is 11.5 Å². The Bertz CT molecular complexity index is 347. The summed E-state index contributed by atoms with van der Waals surface area (Å²) in [6.07, 6.45) is 9.75. The lowest BCUT2D eigenvalue weighted by Gasteiger charge is -2.32. The monoisotopic (exact) mass is 280 g/mol. The topological polar surface area (TPSA) is 24.4 Å². The van der Waals surface area contributed by atoms with Gasteiger partial charge in [0.25, 0.3) is 0 Å². The third-order valence-electron chi connectivity index (χ3n) is 5.80. The highest BCUT2D eigenvalue weighted by Crippen LogP contribution is 2.43. The number of amidine groups is 1. The van der Waals surface area contributed by atoms with Crippen molar-refractivity contribution in [2.75, 3.05) is 12.3 Å². The molecule has 19 heavy (non-hydrogen) atoms. The second kappa shape index (κ2) is 5.67. The van der Waals surface area contributed by atoms with Crippen molar-refractivity contribution in [2.24, 2.45) is 22.2 Å². The van der Waals surface area contributed by atoms with Crippen LogP contribution in [0.2, 0.25) is 0 Å². The summed E-state index contributed by atoms with van der Waals surface area (Å²) in [5.74, 6) is 3.04. The van der Waals surface area contributed by atoms with E-state index in [9.17, 15) is 0 Å². The lowest BCUT2D eigenvalue weighted by molar-refractivity contribution is 0.353. The molecule has 2 nitrogen and oxygen atoms in total. The molecule has 2 fully saturated rings. The van der Waals surface area contributed by atoms with Crippen LogP contribution in [0, 0.1) is 17.3 Å². The summed E-state index contributed by atoms with van der Waals surface area (Å²) in [5.41, 5.74) is 0.573. The molecule has 2 aliphatic carbocycles. The van der Waals surface area contributed by atoms with E-state index in [1.54, 1.807) is 0 Å². The third-order valence-corrected chi connectivity index (χ3v) is 7.07. The maximum atomic E-state index is 4.88. The maximum absolute atomic E-state index is 4.88. The molecular weight excluding hydrogens is 252 g/mol. The van der Waals surface area contributed by atoms with Gasteiger partial charge in [0.05, 0.1) is 0 Å². The molecule has 1 heterocycles. The number of thioether (sulfide) groups is 1. The highest BCUT2D eigenvalue weighted by atomic mass is 32.2. The minimum atomic E-state index is 0.573. The number of hydrogen-bond acceptors (Lipinski definition) is 3. The van der Waals surface area contributed by atoms with Crippen molar-refractivity contribution in [1.82, 2.24) is 5.32 Å². The Kier molecular flexibility index (Phi) is 4.11. The Hall–Kier alpha value is -0.180. The molecule has 0 amide bonds. The molecule has 1 spiro atoms. The Morgan fingerprint density at radius 2 is 2.11 bits per heavy atom. The largest absolute Gasteiger partial charge is 0.362 e. The predicted molar refractivity (Wildman–Crippen MR) is 84.8 cm³/mol. The van der Waals surface area contributed by atoms with Gasteiger partial charge in [0.15, 0.2) is 5.17 Å². The van der Waals surface area contributed by atoms with Crippen molar-refractivity contribution < 1.29 is 0 Å². The molecular formula is C16H28N2S. The molecule has 0 bridgehead atoms. The van der Waals surface area contributed by atoms with Crippen LogP contribution in [0.3, 0.4) is 0 Å². The molecule has 3 aliphatic rings. The Morgan fingerprint density at radius 1 is 1.32 bits per heavy atom. The zero-order chi connectivity index (χ0) is 13.3. The van der Waals surface area contributed by atoms with E-state index in [2.05, 4.69) is 19.2 Å². The Morgan fingerprint density at radius 3 is 2.68 bits per heavy atom. The molecule has 3 heteroatoms. The first-order chi connectivity index (χ1) is 9.22. The van der Waals surface area contributed by atoms with Gasteiger partial charge in [-0.25, -0.2) is 0 Å². The van der Waals surface area contributed by atoms with Crippen molar-refractivity contribution in [1.29, 1.82) is 0 Å². The summed E-state index contributed by atoms with van der Waals surface area (Å²) in [6.45, 7) is 5.84. The van der Waals surface area contributed by atoms with E-state index in [0.717, 1.165) is 18.4 Å². The van der Waals surface area contributed by atoms with Crippen LogP contribution in [-0.4, -0.2) is 23.5 Å². The SMILES string of the molecule is CCC1CCC(NC2=NCC3(CCCC3)CS2)C1C. The molecule has 0 radical (unpaired) electrons. The second-order valence-electron chi connectivity index (χ2n) is 6.97. The average Bonchev–Trinajstić information content (AvgIpc) is 3.01. The molecule has 3 rings (SSSR count). The fourth-order valence-corrected chi connectivity index (χ4v) is 5.47. The molecule has 3 unspecified atom stereocenters. The first-order valence-corrected chi connectivity index (χ1v) is 9.15. The Labute approximate surface area is 122 Å². The minimum absolute atomic E-state index is 0.573. The molecule has 0 aromatic heterocycles. The van der Waals surface area contributed by atoms with Gasteiger partial charge in [-0.05, 0) is 42.9 Å². The van der Waals surface area contributed by atoms with Gasteiger partial charge in [-0.15, -0.1) is 0 Å². The average molecular weight is 280 g/mol. The van der Waals surface area contributed by atoms with Gasteiger partial charge >= 0.3 is 0 Å². The third kappa shape index (κ3) is 2.81. The van der Waals surface area contributed by atoms with Gasteiger partial charge in [0.1, 0.15) is 0 Å². The fraction of sp³-hybridized carbons (Fsp3) is 0.938. The maximum Gasteiger partial charge on any atom is 0.156 e. The smallest absolute Gasteiger partial charge is 0.156 e. The first-order valence-electron chi connectivity index (χ1n) is 8.16. The second-order valence-corrected chi connectivity index (χ2v) is 7.94. The molecule has 1 aliphatic heterocycles. The van der Waals surface area contributed by atoms with Gasteiger partial charge in [0.2, 0.25) is 0 Å². The zero-order valence-electron chi connectivity index (χ0n) is 12.5. The van der Waals surface area contributed by atoms with Crippen LogP contribution in [0.1, 0.15) is 58.8 Å². The van der Waals surface area contributed by atoms with Crippen molar-refractivity contribution in [2.45, 2.75) is 64.8 Å². The van der Waals surface area contributed by atoms with Crippen LogP contribution in [-0.2, 0) is 0 Å². The predicted octanol–water partition coefficient (Wildman–Crippen LogP) is 4.06. The van der Waals surface area contributed by atoms with Crippen molar-refractivity contribution in [3.05, 3.63) is 0 Å². The van der Waals surface area contributed by atoms with E-state index in [-0.39, 0.29) is 0 Å². The number of aliphatic imine (C=N–C) groups is 1. The van der Waals surface area contributed by atoms with E-state index in [1.807, 2.05) is 11.8 Å². The minimum Gasteiger partial charge on any atom is -0.362 e. The fourth-order valence-electron chi connectivity index (χ4n) is 4.25. The van der Waals surface area contributed by atoms with Crippen LogP contribution in [0.15, 0.2) is 4.99 Å². The van der Waals surface area contributed by atoms with Crippen LogP contribution >= 0.6 is 11.8 Å². The normalized spacial score (nSPS) is 37.6. The van der Waals surface area contributed by atoms with Gasteiger partial charge < -0.3 is 5.32 Å². The van der Waals surface area contributed by atoms with Crippen LogP contribution in [0.5, 0.6) is 0 Å². The van der Waals surface area contributed by atoms with Crippen LogP contribution in [0.25, 0.3) is 0 Å². The summed E-state index contributed by atoms with van der Waals surface area (Å²) in [6, 6.07) is 0.675. The summed E-state index contributed by atoms with van der Waals surface area (Å²) in [4.78, 5) is 4.88. The number of nitrogens with one attached hydrogen (secondary N) is 1. The van der Waals surface area contributed by atoms with Crippen molar-refractivity contribution >= 4 is 16.9 Å². The lowest BCUT2D eigenvalue weighted by atomic mass is 9.89. The molecule has 1 N–H and O–H groups in total. The molecule has 108 valence electrons. The number of hydrogen-bond donors (Lipinski definition) is 1. The summed E-state index contributed by atoms with van der Waals surface area (Å²) >= 11 is 2.00. The number of nitrogens with zero attached hydrogens (tertiary/aromatic N) is 1. The van der Waals surface area contributed by atoms with Gasteiger partial charge in [0, 0.05) is 18.3 Å². The van der Waals surface area contributed by atoms with Crippen LogP contribution in [0.4, 0.5) is 0 Å². The van der Waals surface area contributed by atoms with E-state index < -0.39 is 0 Å². The summed E-state index contributed by atoms with van der Waals surface area (Å²) < 4.78 is 0. The standard InChI is InChI=1S/C16H28N2S/c1-3-13-6-7-14(12(13)2)18-15-17-10-16(11-19-15)8-4-5-9-16/h12-14H,3-11H2,1-2H3,(H,17,18). The van der Waals surface area contributed by atoms with Gasteiger partial charge in [-0.2, -0.15) is 0 Å².